The van der Waals surface area contributed by atoms with Crippen molar-refractivity contribution in [2.24, 2.45) is 17.3 Å². The molecule has 9 heteroatoms. The van der Waals surface area contributed by atoms with E-state index in [0.717, 1.165) is 80.0 Å². The highest BCUT2D eigenvalue weighted by molar-refractivity contribution is 5.71. The average molecular weight is 562 g/mol. The fraction of sp³-hybridized carbons (Fsp3) is 0.581. The predicted molar refractivity (Wildman–Crippen MR) is 140 cm³/mol. The SMILES string of the molecule is C[C@H](C(=O)O)[C@H](c1ccc2c(c1)OC(C13CCN([C@H](C)c4cc(F)ccc4OC(F)(F)F)C(C1)C3)CC2)C1CC1. The minimum Gasteiger partial charge on any atom is -0.490 e. The molecule has 2 aliphatic carbocycles. The third-order valence-corrected chi connectivity index (χ3v) is 9.93. The van der Waals surface area contributed by atoms with E-state index in [1.54, 1.807) is 6.92 Å². The molecule has 4 atom stereocenters. The van der Waals surface area contributed by atoms with Gasteiger partial charge in [0, 0.05) is 23.1 Å². The Morgan fingerprint density at radius 3 is 2.50 bits per heavy atom. The smallest absolute Gasteiger partial charge is 0.490 e. The van der Waals surface area contributed by atoms with Crippen molar-refractivity contribution in [1.29, 1.82) is 0 Å². The number of halogens is 4. The fourth-order valence-corrected chi connectivity index (χ4v) is 7.63. The first-order chi connectivity index (χ1) is 18.9. The van der Waals surface area contributed by atoms with Gasteiger partial charge in [-0.1, -0.05) is 19.1 Å². The van der Waals surface area contributed by atoms with Gasteiger partial charge in [-0.25, -0.2) is 4.39 Å². The number of fused-ring (bicyclic) bond motifs is 3. The van der Waals surface area contributed by atoms with Gasteiger partial charge in [0.25, 0.3) is 0 Å². The number of piperidine rings is 2. The van der Waals surface area contributed by atoms with Gasteiger partial charge >= 0.3 is 12.3 Å². The first-order valence-corrected chi connectivity index (χ1v) is 14.3. The number of rotatable bonds is 8. The van der Waals surface area contributed by atoms with Crippen molar-refractivity contribution in [2.45, 2.75) is 89.3 Å². The summed E-state index contributed by atoms with van der Waals surface area (Å²) in [7, 11) is 0. The number of hydrogen-bond acceptors (Lipinski definition) is 4. The van der Waals surface area contributed by atoms with Crippen molar-refractivity contribution >= 4 is 5.97 Å². The lowest BCUT2D eigenvalue weighted by atomic mass is 9.56. The number of hydrogen-bond donors (Lipinski definition) is 1. The summed E-state index contributed by atoms with van der Waals surface area (Å²) in [5.74, 6) is -0.933. The Morgan fingerprint density at radius 1 is 1.12 bits per heavy atom. The van der Waals surface area contributed by atoms with E-state index in [1.807, 2.05) is 6.92 Å². The molecule has 0 radical (unpaired) electrons. The molecule has 5 aliphatic rings. The Balaban J connectivity index is 1.16. The van der Waals surface area contributed by atoms with Gasteiger partial charge in [0.1, 0.15) is 23.4 Å². The van der Waals surface area contributed by atoms with Crippen LogP contribution in [0.5, 0.6) is 11.5 Å². The second kappa shape index (κ2) is 9.93. The molecule has 7 rings (SSSR count). The molecule has 4 fully saturated rings. The number of carboxylic acid groups (broad SMARTS) is 1. The van der Waals surface area contributed by atoms with Crippen LogP contribution in [-0.2, 0) is 11.2 Å². The molecule has 1 N–H and O–H groups in total. The molecule has 3 aliphatic heterocycles. The summed E-state index contributed by atoms with van der Waals surface area (Å²) >= 11 is 0. The van der Waals surface area contributed by atoms with Crippen LogP contribution in [0.15, 0.2) is 36.4 Å². The van der Waals surface area contributed by atoms with Gasteiger partial charge in [0.05, 0.1) is 5.92 Å². The highest BCUT2D eigenvalue weighted by atomic mass is 19.4. The van der Waals surface area contributed by atoms with E-state index in [9.17, 15) is 27.5 Å². The number of aliphatic carboxylic acids is 1. The minimum absolute atomic E-state index is 0.00602. The number of carboxylic acids is 1. The van der Waals surface area contributed by atoms with E-state index in [2.05, 4.69) is 27.8 Å². The van der Waals surface area contributed by atoms with Crippen molar-refractivity contribution in [2.75, 3.05) is 6.54 Å². The van der Waals surface area contributed by atoms with Crippen molar-refractivity contribution in [3.05, 3.63) is 58.9 Å². The fourth-order valence-electron chi connectivity index (χ4n) is 7.63. The summed E-state index contributed by atoms with van der Waals surface area (Å²) in [5, 5.41) is 9.68. The van der Waals surface area contributed by atoms with Crippen LogP contribution in [-0.4, -0.2) is 41.0 Å². The average Bonchev–Trinajstić information content (AvgIpc) is 3.72. The van der Waals surface area contributed by atoms with Crippen LogP contribution < -0.4 is 9.47 Å². The van der Waals surface area contributed by atoms with Gasteiger partial charge in [0.15, 0.2) is 0 Å². The maximum Gasteiger partial charge on any atom is 0.573 e. The van der Waals surface area contributed by atoms with E-state index in [-0.39, 0.29) is 34.8 Å². The second-order valence-corrected chi connectivity index (χ2v) is 12.3. The molecule has 2 aromatic carbocycles. The molecule has 2 aromatic rings. The summed E-state index contributed by atoms with van der Waals surface area (Å²) < 4.78 is 63.9. The van der Waals surface area contributed by atoms with Gasteiger partial charge in [-0.2, -0.15) is 0 Å². The van der Waals surface area contributed by atoms with Crippen LogP contribution in [0.3, 0.4) is 0 Å². The second-order valence-electron chi connectivity index (χ2n) is 12.3. The molecule has 0 amide bonds. The van der Waals surface area contributed by atoms with E-state index in [4.69, 9.17) is 4.74 Å². The first-order valence-electron chi connectivity index (χ1n) is 14.3. The lowest BCUT2D eigenvalue weighted by Gasteiger charge is -2.62. The molecule has 2 saturated heterocycles. The van der Waals surface area contributed by atoms with E-state index < -0.39 is 30.1 Å². The molecule has 2 bridgehead atoms. The van der Waals surface area contributed by atoms with Crippen LogP contribution in [0.25, 0.3) is 0 Å². The predicted octanol–water partition coefficient (Wildman–Crippen LogP) is 7.25. The van der Waals surface area contributed by atoms with Gasteiger partial charge in [0.2, 0.25) is 0 Å². The first kappa shape index (κ1) is 27.4. The summed E-state index contributed by atoms with van der Waals surface area (Å²) in [4.78, 5) is 14.0. The van der Waals surface area contributed by atoms with Crippen molar-refractivity contribution < 1.29 is 36.9 Å². The van der Waals surface area contributed by atoms with Crippen molar-refractivity contribution in [1.82, 2.24) is 4.90 Å². The number of carbonyl (C=O) groups is 1. The summed E-state index contributed by atoms with van der Waals surface area (Å²) in [6.45, 7) is 4.28. The van der Waals surface area contributed by atoms with Gasteiger partial charge in [-0.3, -0.25) is 9.69 Å². The summed E-state index contributed by atoms with van der Waals surface area (Å²) in [6.07, 6.45) is 1.71. The highest BCUT2D eigenvalue weighted by Crippen LogP contribution is 2.58. The number of alkyl halides is 3. The largest absolute Gasteiger partial charge is 0.573 e. The Bertz CT molecular complexity index is 1280. The monoisotopic (exact) mass is 561 g/mol. The molecule has 1 unspecified atom stereocenters. The number of nitrogens with zero attached hydrogens (tertiary/aromatic N) is 1. The molecule has 40 heavy (non-hydrogen) atoms. The zero-order chi connectivity index (χ0) is 28.4. The molecule has 2 saturated carbocycles. The maximum absolute atomic E-state index is 14.0. The zero-order valence-corrected chi connectivity index (χ0v) is 22.7. The zero-order valence-electron chi connectivity index (χ0n) is 22.7. The number of ether oxygens (including phenoxy) is 2. The molecule has 3 heterocycles. The van der Waals surface area contributed by atoms with Crippen LogP contribution >= 0.6 is 0 Å². The Kier molecular flexibility index (Phi) is 6.79. The van der Waals surface area contributed by atoms with Crippen LogP contribution in [0.2, 0.25) is 0 Å². The highest BCUT2D eigenvalue weighted by Gasteiger charge is 2.57. The van der Waals surface area contributed by atoms with E-state index >= 15 is 0 Å². The van der Waals surface area contributed by atoms with E-state index in [1.165, 1.54) is 0 Å². The van der Waals surface area contributed by atoms with Crippen LogP contribution in [0, 0.1) is 23.1 Å². The Labute approximate surface area is 231 Å². The molecular weight excluding hydrogens is 526 g/mol. The third-order valence-electron chi connectivity index (χ3n) is 9.93. The Morgan fingerprint density at radius 2 is 1.88 bits per heavy atom. The third kappa shape index (κ3) is 5.06. The Hall–Kier alpha value is -2.81. The minimum atomic E-state index is -4.85. The molecule has 0 spiro atoms. The number of aryl methyl sites for hydroxylation is 1. The lowest BCUT2D eigenvalue weighted by Crippen LogP contribution is -2.63. The summed E-state index contributed by atoms with van der Waals surface area (Å²) in [5.41, 5.74) is 2.40. The van der Waals surface area contributed by atoms with Crippen LogP contribution in [0.4, 0.5) is 17.6 Å². The standard InChI is InChI=1S/C31H35F4NO4/c1-17(29(37)38)28(20-4-5-20)21-6-3-19-7-10-27(39-26(19)13-21)30-11-12-36(23(15-30)16-30)18(2)24-14-22(32)8-9-25(24)40-31(33,34)35/h3,6,8-9,13-14,17-18,20,23,27-28H,4-5,7,10-12,15-16H2,1-2H3,(H,37,38)/t17-,18+,23?,27?,28-,30?/m0/s1. The van der Waals surface area contributed by atoms with Crippen molar-refractivity contribution in [3.8, 4) is 11.5 Å². The van der Waals surface area contributed by atoms with Gasteiger partial charge < -0.3 is 14.6 Å². The van der Waals surface area contributed by atoms with Crippen molar-refractivity contribution in [3.63, 3.8) is 0 Å². The quantitative estimate of drug-likeness (QED) is 0.344. The normalized spacial score (nSPS) is 28.4. The lowest BCUT2D eigenvalue weighted by molar-refractivity contribution is -0.275. The molecular formula is C31H35F4NO4. The van der Waals surface area contributed by atoms with E-state index in [0.29, 0.717) is 12.5 Å². The van der Waals surface area contributed by atoms with Gasteiger partial charge in [-0.05, 0) is 106 Å². The molecule has 216 valence electrons. The topological polar surface area (TPSA) is 59.0 Å². The molecule has 5 nitrogen and oxygen atoms in total. The van der Waals surface area contributed by atoms with Crippen LogP contribution in [0.1, 0.15) is 81.0 Å². The molecule has 0 aromatic heterocycles. The number of benzene rings is 2. The maximum atomic E-state index is 14.0. The summed E-state index contributed by atoms with van der Waals surface area (Å²) in [6, 6.07) is 9.17. The van der Waals surface area contributed by atoms with Gasteiger partial charge in [-0.15, -0.1) is 13.2 Å².